The number of rotatable bonds is 4. The lowest BCUT2D eigenvalue weighted by Gasteiger charge is -2.10. The molecule has 37 heavy (non-hydrogen) atoms. The number of amides is 2. The normalized spacial score (nSPS) is 11.6. The van der Waals surface area contributed by atoms with Crippen LogP contribution in [-0.4, -0.2) is 11.8 Å². The van der Waals surface area contributed by atoms with Crippen LogP contribution < -0.4 is 16.1 Å². The Labute approximate surface area is 206 Å². The number of fused-ring (bicyclic) bond motifs is 2. The molecule has 0 radical (unpaired) electrons. The van der Waals surface area contributed by atoms with Crippen LogP contribution in [0.15, 0.2) is 86.4 Å². The van der Waals surface area contributed by atoms with Gasteiger partial charge in [0, 0.05) is 17.1 Å². The zero-order chi connectivity index (χ0) is 26.3. The number of aryl methyl sites for hydroxylation is 1. The van der Waals surface area contributed by atoms with Gasteiger partial charge in [-0.2, -0.15) is 13.2 Å². The van der Waals surface area contributed by atoms with Crippen molar-refractivity contribution >= 4 is 45.1 Å². The third kappa shape index (κ3) is 4.56. The Hall–Kier alpha value is -4.86. The van der Waals surface area contributed by atoms with Gasteiger partial charge in [0.05, 0.1) is 10.9 Å². The summed E-state index contributed by atoms with van der Waals surface area (Å²) in [6.45, 7) is 1.73. The maximum atomic E-state index is 13.1. The monoisotopic (exact) mass is 506 g/mol. The second kappa shape index (κ2) is 8.98. The van der Waals surface area contributed by atoms with Crippen LogP contribution in [-0.2, 0) is 6.18 Å². The van der Waals surface area contributed by atoms with Crippen molar-refractivity contribution in [3.63, 3.8) is 0 Å². The zero-order valence-corrected chi connectivity index (χ0v) is 19.1. The predicted molar refractivity (Wildman–Crippen MR) is 131 cm³/mol. The van der Waals surface area contributed by atoms with E-state index in [0.717, 1.165) is 24.3 Å². The van der Waals surface area contributed by atoms with Crippen molar-refractivity contribution < 1.29 is 31.6 Å². The molecule has 0 fully saturated rings. The van der Waals surface area contributed by atoms with Crippen LogP contribution in [0.5, 0.6) is 0 Å². The van der Waals surface area contributed by atoms with Gasteiger partial charge in [0.2, 0.25) is 5.76 Å². The van der Waals surface area contributed by atoms with Crippen molar-refractivity contribution in [1.29, 1.82) is 0 Å². The van der Waals surface area contributed by atoms with Crippen LogP contribution in [0.2, 0.25) is 0 Å². The highest BCUT2D eigenvalue weighted by molar-refractivity contribution is 6.16. The summed E-state index contributed by atoms with van der Waals surface area (Å²) in [4.78, 5) is 38.7. The van der Waals surface area contributed by atoms with Crippen molar-refractivity contribution in [2.45, 2.75) is 13.1 Å². The molecule has 5 aromatic rings. The number of hydrogen-bond donors (Lipinski definition) is 2. The van der Waals surface area contributed by atoms with Gasteiger partial charge in [-0.15, -0.1) is 0 Å². The maximum Gasteiger partial charge on any atom is 0.416 e. The number of anilines is 2. The van der Waals surface area contributed by atoms with Gasteiger partial charge in [-0.05, 0) is 48.9 Å². The lowest BCUT2D eigenvalue weighted by Crippen LogP contribution is -2.18. The minimum atomic E-state index is -4.60. The smallest absolute Gasteiger partial charge is 0.416 e. The fourth-order valence-corrected chi connectivity index (χ4v) is 3.90. The quantitative estimate of drug-likeness (QED) is 0.295. The molecule has 3 aromatic carbocycles. The summed E-state index contributed by atoms with van der Waals surface area (Å²) in [6.07, 6.45) is -4.60. The highest BCUT2D eigenvalue weighted by Crippen LogP contribution is 2.33. The first kappa shape index (κ1) is 23.9. The average Bonchev–Trinajstić information content (AvgIpc) is 3.23. The summed E-state index contributed by atoms with van der Waals surface area (Å²) in [6, 6.07) is 16.6. The fraction of sp³-hybridized carbons (Fsp3) is 0.0741. The van der Waals surface area contributed by atoms with Gasteiger partial charge in [0.15, 0.2) is 11.2 Å². The Morgan fingerprint density at radius 3 is 2.32 bits per heavy atom. The molecule has 0 atom stereocenters. The second-order valence-corrected chi connectivity index (χ2v) is 8.22. The molecule has 2 aromatic heterocycles. The Bertz CT molecular complexity index is 1750. The van der Waals surface area contributed by atoms with E-state index in [0.29, 0.717) is 16.3 Å². The molecule has 186 valence electrons. The fourth-order valence-electron chi connectivity index (χ4n) is 3.90. The minimum Gasteiger partial charge on any atom is -0.450 e. The van der Waals surface area contributed by atoms with E-state index in [1.807, 2.05) is 0 Å². The number of carbonyl (C=O) groups excluding carboxylic acids is 2. The highest BCUT2D eigenvalue weighted by atomic mass is 19.4. The number of para-hydroxylation sites is 2. The van der Waals surface area contributed by atoms with Crippen LogP contribution in [0.1, 0.15) is 32.2 Å². The van der Waals surface area contributed by atoms with E-state index >= 15 is 0 Å². The number of furan rings is 1. The van der Waals surface area contributed by atoms with E-state index in [2.05, 4.69) is 10.6 Å². The first-order valence-electron chi connectivity index (χ1n) is 11.0. The van der Waals surface area contributed by atoms with E-state index in [-0.39, 0.29) is 34.1 Å². The Morgan fingerprint density at radius 1 is 0.811 bits per heavy atom. The molecule has 10 heteroatoms. The van der Waals surface area contributed by atoms with Crippen molar-refractivity contribution in [2.75, 3.05) is 10.6 Å². The predicted octanol–water partition coefficient (Wildman–Crippen LogP) is 6.37. The van der Waals surface area contributed by atoms with Crippen LogP contribution in [0, 0.1) is 6.92 Å². The SMILES string of the molecule is Cc1cccc2c(=O)cc(C(=O)Nc3c(C(=O)Nc4cccc(C(F)(F)F)c4)oc4ccccc34)oc12. The largest absolute Gasteiger partial charge is 0.450 e. The standard InChI is InChI=1S/C27H17F3N2O5/c1-14-6-4-10-17-19(33)13-21(37-23(14)17)25(34)32-22-18-9-2-3-11-20(18)36-24(22)26(35)31-16-8-5-7-15(12-16)27(28,29)30/h2-13H,1H3,(H,31,35)(H,32,34). The Kier molecular flexibility index (Phi) is 5.79. The maximum absolute atomic E-state index is 13.1. The number of carbonyl (C=O) groups is 2. The Morgan fingerprint density at radius 2 is 1.54 bits per heavy atom. The van der Waals surface area contributed by atoms with Crippen LogP contribution in [0.4, 0.5) is 24.5 Å². The minimum absolute atomic E-state index is 0.0300. The van der Waals surface area contributed by atoms with Gasteiger partial charge in [0.1, 0.15) is 16.9 Å². The molecular weight excluding hydrogens is 489 g/mol. The number of hydrogen-bond acceptors (Lipinski definition) is 5. The first-order chi connectivity index (χ1) is 17.6. The summed E-state index contributed by atoms with van der Waals surface area (Å²) in [5.41, 5.74) is -0.354. The van der Waals surface area contributed by atoms with E-state index in [4.69, 9.17) is 8.83 Å². The summed E-state index contributed by atoms with van der Waals surface area (Å²) in [7, 11) is 0. The molecule has 2 amide bonds. The first-order valence-corrected chi connectivity index (χ1v) is 11.0. The van der Waals surface area contributed by atoms with E-state index < -0.39 is 29.0 Å². The molecule has 0 aliphatic rings. The van der Waals surface area contributed by atoms with Crippen LogP contribution in [0.3, 0.4) is 0 Å². The average molecular weight is 506 g/mol. The van der Waals surface area contributed by atoms with Crippen LogP contribution in [0.25, 0.3) is 21.9 Å². The van der Waals surface area contributed by atoms with Gasteiger partial charge < -0.3 is 19.5 Å². The van der Waals surface area contributed by atoms with Gasteiger partial charge in [-0.1, -0.05) is 30.3 Å². The zero-order valence-electron chi connectivity index (χ0n) is 19.1. The number of halogens is 3. The van der Waals surface area contributed by atoms with Gasteiger partial charge in [-0.3, -0.25) is 14.4 Å². The van der Waals surface area contributed by atoms with Crippen molar-refractivity contribution in [1.82, 2.24) is 0 Å². The third-order valence-corrected chi connectivity index (χ3v) is 5.66. The van der Waals surface area contributed by atoms with Gasteiger partial charge in [-0.25, -0.2) is 0 Å². The third-order valence-electron chi connectivity index (χ3n) is 5.66. The number of alkyl halides is 3. The summed E-state index contributed by atoms with van der Waals surface area (Å²) >= 11 is 0. The molecule has 0 spiro atoms. The Balaban J connectivity index is 1.52. The molecule has 2 N–H and O–H groups in total. The number of benzene rings is 3. The van der Waals surface area contributed by atoms with Crippen molar-refractivity contribution in [3.8, 4) is 0 Å². The van der Waals surface area contributed by atoms with E-state index in [1.54, 1.807) is 49.4 Å². The van der Waals surface area contributed by atoms with Crippen LogP contribution >= 0.6 is 0 Å². The van der Waals surface area contributed by atoms with E-state index in [1.165, 1.54) is 6.07 Å². The molecule has 0 bridgehead atoms. The topological polar surface area (TPSA) is 102 Å². The molecule has 0 aliphatic heterocycles. The van der Waals surface area contributed by atoms with Crippen molar-refractivity contribution in [2.24, 2.45) is 0 Å². The molecular formula is C27H17F3N2O5. The summed E-state index contributed by atoms with van der Waals surface area (Å²) in [5.74, 6) is -2.34. The van der Waals surface area contributed by atoms with Gasteiger partial charge >= 0.3 is 6.18 Å². The lowest BCUT2D eigenvalue weighted by molar-refractivity contribution is -0.137. The second-order valence-electron chi connectivity index (χ2n) is 8.22. The molecule has 5 rings (SSSR count). The molecule has 7 nitrogen and oxygen atoms in total. The van der Waals surface area contributed by atoms with Gasteiger partial charge in [0.25, 0.3) is 11.8 Å². The highest BCUT2D eigenvalue weighted by Gasteiger charge is 2.31. The summed E-state index contributed by atoms with van der Waals surface area (Å²) < 4.78 is 50.6. The van der Waals surface area contributed by atoms with E-state index in [9.17, 15) is 27.6 Å². The molecule has 0 unspecified atom stereocenters. The molecule has 2 heterocycles. The summed E-state index contributed by atoms with van der Waals surface area (Å²) in [5, 5.41) is 5.60. The molecule has 0 saturated heterocycles. The molecule has 0 aliphatic carbocycles. The number of nitrogens with one attached hydrogen (secondary N) is 2. The van der Waals surface area contributed by atoms with Crippen molar-refractivity contribution in [3.05, 3.63) is 106 Å². The lowest BCUT2D eigenvalue weighted by atomic mass is 10.1. The molecule has 0 saturated carbocycles.